The monoisotopic (exact) mass is 469 g/mol. The summed E-state index contributed by atoms with van der Waals surface area (Å²) < 4.78 is 21.5. The molecule has 166 valence electrons. The minimum absolute atomic E-state index is 0.175. The normalized spacial score (nSPS) is 11.7. The molecule has 0 heterocycles. The maximum Gasteiger partial charge on any atom is 0.276 e. The van der Waals surface area contributed by atoms with Crippen LogP contribution in [0, 0.1) is 0 Å². The van der Waals surface area contributed by atoms with E-state index < -0.39 is 17.7 Å². The second kappa shape index (κ2) is 10.8. The summed E-state index contributed by atoms with van der Waals surface area (Å²) in [5, 5.41) is 8.05. The van der Waals surface area contributed by atoms with E-state index in [0.29, 0.717) is 11.5 Å². The van der Waals surface area contributed by atoms with Crippen molar-refractivity contribution < 1.29 is 28.5 Å². The van der Waals surface area contributed by atoms with Gasteiger partial charge in [0.25, 0.3) is 5.91 Å². The highest BCUT2D eigenvalue weighted by molar-refractivity contribution is 6.39. The summed E-state index contributed by atoms with van der Waals surface area (Å²) in [6.45, 7) is 1.20. The Bertz CT molecular complexity index is 999. The van der Waals surface area contributed by atoms with Crippen molar-refractivity contribution in [3.63, 3.8) is 0 Å². The Kier molecular flexibility index (Phi) is 8.47. The number of carbonyl (C=O) groups excluding carboxylic acids is 2. The molecule has 0 aromatic heterocycles. The fraction of sp³-hybridized carbons (Fsp3) is 0.300. The fourth-order valence-electron chi connectivity index (χ4n) is 2.56. The highest BCUT2D eigenvalue weighted by Gasteiger charge is 2.30. The molecule has 0 N–H and O–H groups in total. The summed E-state index contributed by atoms with van der Waals surface area (Å²) in [4.78, 5) is 25.0. The van der Waals surface area contributed by atoms with Crippen LogP contribution in [0.5, 0.6) is 23.0 Å². The maximum atomic E-state index is 12.9. The molecule has 9 nitrogen and oxygen atoms in total. The van der Waals surface area contributed by atoms with Crippen molar-refractivity contribution in [3.05, 3.63) is 35.4 Å². The molecule has 0 saturated carbocycles. The molecule has 0 spiro atoms. The molecule has 0 radical (unpaired) electrons. The Labute approximate surface area is 189 Å². The van der Waals surface area contributed by atoms with E-state index >= 15 is 0 Å². The molecule has 0 fully saturated rings. The van der Waals surface area contributed by atoms with Gasteiger partial charge in [0.15, 0.2) is 11.5 Å². The van der Waals surface area contributed by atoms with Crippen molar-refractivity contribution in [2.24, 2.45) is 10.2 Å². The molecule has 0 aliphatic carbocycles. The molecule has 11 heteroatoms. The number of benzene rings is 2. The number of azo groups is 1. The van der Waals surface area contributed by atoms with Crippen LogP contribution in [0.1, 0.15) is 6.92 Å². The number of anilines is 1. The minimum atomic E-state index is -1.50. The Hall–Kier alpha value is -3.04. The van der Waals surface area contributed by atoms with Crippen LogP contribution in [0.3, 0.4) is 0 Å². The lowest BCUT2D eigenvalue weighted by Gasteiger charge is -2.19. The van der Waals surface area contributed by atoms with Gasteiger partial charge < -0.3 is 18.9 Å². The molecule has 0 bridgehead atoms. The standard InChI is InChI=1S/C20H21Cl2N3O6/c1-11(26)18(24-23-13-7-9-15(29-3)17(21)19(13)31-5)20(27)25(22)14-8-6-12(28-2)10-16(14)30-4/h6-10,18H,1-5H3. The summed E-state index contributed by atoms with van der Waals surface area (Å²) in [5.41, 5.74) is 0.414. The van der Waals surface area contributed by atoms with Crippen molar-refractivity contribution in [1.29, 1.82) is 0 Å². The van der Waals surface area contributed by atoms with Gasteiger partial charge in [-0.25, -0.2) is 4.42 Å². The van der Waals surface area contributed by atoms with Crippen molar-refractivity contribution in [2.45, 2.75) is 13.0 Å². The van der Waals surface area contributed by atoms with Gasteiger partial charge in [-0.2, -0.15) is 10.2 Å². The van der Waals surface area contributed by atoms with Gasteiger partial charge in [0.05, 0.1) is 28.4 Å². The number of nitrogens with zero attached hydrogens (tertiary/aromatic N) is 3. The van der Waals surface area contributed by atoms with E-state index in [4.69, 9.17) is 42.3 Å². The van der Waals surface area contributed by atoms with Gasteiger partial charge in [-0.3, -0.25) is 9.59 Å². The number of halogens is 2. The summed E-state index contributed by atoms with van der Waals surface area (Å²) in [7, 11) is 5.75. The quantitative estimate of drug-likeness (QED) is 0.302. The number of amides is 1. The van der Waals surface area contributed by atoms with Crippen molar-refractivity contribution in [3.8, 4) is 23.0 Å². The zero-order chi connectivity index (χ0) is 23.1. The first-order valence-electron chi connectivity index (χ1n) is 8.82. The second-order valence-electron chi connectivity index (χ2n) is 6.02. The summed E-state index contributed by atoms with van der Waals surface area (Å²) in [6, 6.07) is 6.24. The molecule has 1 unspecified atom stereocenters. The van der Waals surface area contributed by atoms with Gasteiger partial charge in [-0.05, 0) is 31.2 Å². The maximum absolute atomic E-state index is 12.9. The number of methoxy groups -OCH3 is 4. The second-order valence-corrected chi connectivity index (χ2v) is 6.74. The van der Waals surface area contributed by atoms with Gasteiger partial charge in [-0.15, -0.1) is 0 Å². The van der Waals surface area contributed by atoms with Crippen LogP contribution in [0.4, 0.5) is 11.4 Å². The van der Waals surface area contributed by atoms with Gasteiger partial charge in [-0.1, -0.05) is 11.6 Å². The average Bonchev–Trinajstić information content (AvgIpc) is 2.77. The molecule has 2 rings (SSSR count). The van der Waals surface area contributed by atoms with Gasteiger partial charge in [0, 0.05) is 17.8 Å². The summed E-state index contributed by atoms with van der Waals surface area (Å²) in [6.07, 6.45) is 0. The molecule has 0 aliphatic heterocycles. The SMILES string of the molecule is COc1ccc(N(Cl)C(=O)C(N=Nc2ccc(OC)c(Cl)c2OC)C(C)=O)c(OC)c1. The number of ketones is 1. The molecule has 2 aromatic carbocycles. The van der Waals surface area contributed by atoms with Crippen LogP contribution in [0.2, 0.25) is 5.02 Å². The van der Waals surface area contributed by atoms with E-state index in [1.807, 2.05) is 0 Å². The summed E-state index contributed by atoms with van der Waals surface area (Å²) in [5.74, 6) is -0.0605. The van der Waals surface area contributed by atoms with Crippen molar-refractivity contribution >= 4 is 46.4 Å². The zero-order valence-electron chi connectivity index (χ0n) is 17.5. The van der Waals surface area contributed by atoms with Crippen molar-refractivity contribution in [2.75, 3.05) is 32.9 Å². The van der Waals surface area contributed by atoms with Gasteiger partial charge in [0.1, 0.15) is 33.6 Å². The van der Waals surface area contributed by atoms with Crippen molar-refractivity contribution in [1.82, 2.24) is 0 Å². The Balaban J connectivity index is 2.38. The van der Waals surface area contributed by atoms with E-state index in [2.05, 4.69) is 10.2 Å². The topological polar surface area (TPSA) is 99.0 Å². The number of hydrogen-bond donors (Lipinski definition) is 0. The first-order valence-corrected chi connectivity index (χ1v) is 9.54. The van der Waals surface area contributed by atoms with E-state index in [0.717, 1.165) is 4.42 Å². The lowest BCUT2D eigenvalue weighted by Crippen LogP contribution is -2.36. The highest BCUT2D eigenvalue weighted by atomic mass is 35.5. The largest absolute Gasteiger partial charge is 0.497 e. The Morgan fingerprint density at radius 1 is 0.968 bits per heavy atom. The van der Waals surface area contributed by atoms with Crippen LogP contribution in [0.25, 0.3) is 0 Å². The molecule has 1 amide bonds. The summed E-state index contributed by atoms with van der Waals surface area (Å²) >= 11 is 12.4. The fourth-order valence-corrected chi connectivity index (χ4v) is 3.10. The van der Waals surface area contributed by atoms with Gasteiger partial charge >= 0.3 is 0 Å². The first-order chi connectivity index (χ1) is 14.8. The lowest BCUT2D eigenvalue weighted by atomic mass is 10.2. The van der Waals surface area contributed by atoms with Gasteiger partial charge in [0.2, 0.25) is 6.04 Å². The Morgan fingerprint density at radius 3 is 2.19 bits per heavy atom. The molecule has 2 aromatic rings. The number of carbonyl (C=O) groups is 2. The third-order valence-corrected chi connectivity index (χ3v) is 4.86. The zero-order valence-corrected chi connectivity index (χ0v) is 19.0. The third-order valence-electron chi connectivity index (χ3n) is 4.16. The lowest BCUT2D eigenvalue weighted by molar-refractivity contribution is -0.126. The number of ether oxygens (including phenoxy) is 4. The minimum Gasteiger partial charge on any atom is -0.497 e. The molecule has 0 aliphatic rings. The van der Waals surface area contributed by atoms with Crippen LogP contribution < -0.4 is 23.4 Å². The highest BCUT2D eigenvalue weighted by Crippen LogP contribution is 2.41. The predicted molar refractivity (Wildman–Crippen MR) is 116 cm³/mol. The first kappa shape index (κ1) is 24.2. The van der Waals surface area contributed by atoms with Crippen LogP contribution in [0.15, 0.2) is 40.6 Å². The predicted octanol–water partition coefficient (Wildman–Crippen LogP) is 4.60. The van der Waals surface area contributed by atoms with E-state index in [9.17, 15) is 9.59 Å². The number of hydrogen-bond acceptors (Lipinski definition) is 8. The smallest absolute Gasteiger partial charge is 0.276 e. The molecule has 1 atom stereocenters. The average molecular weight is 470 g/mol. The van der Waals surface area contributed by atoms with Crippen LogP contribution >= 0.6 is 23.4 Å². The number of Topliss-reactive ketones (excluding diaryl/α,β-unsaturated/α-hetero) is 1. The van der Waals surface area contributed by atoms with E-state index in [1.165, 1.54) is 47.5 Å². The molecule has 31 heavy (non-hydrogen) atoms. The molecular weight excluding hydrogens is 449 g/mol. The van der Waals surface area contributed by atoms with E-state index in [1.54, 1.807) is 18.2 Å². The number of rotatable bonds is 9. The molecular formula is C20H21Cl2N3O6. The van der Waals surface area contributed by atoms with Crippen LogP contribution in [-0.4, -0.2) is 46.2 Å². The Morgan fingerprint density at radius 2 is 1.65 bits per heavy atom. The molecule has 0 saturated heterocycles. The van der Waals surface area contributed by atoms with Crippen LogP contribution in [-0.2, 0) is 9.59 Å². The third kappa shape index (κ3) is 5.36. The van der Waals surface area contributed by atoms with E-state index in [-0.39, 0.29) is 27.9 Å².